The standard InChI is InChI=1S/C13H20N2O4/c1-3-5-9(14-4-2)13(18)15-8-11-12(17)10(16)6-7-19-11/h3-5,10-12,16-17H,1,6-8H2,2H3,(H,15,18)/b9-5-,14-4?. The van der Waals surface area contributed by atoms with Gasteiger partial charge in [0.2, 0.25) is 0 Å². The lowest BCUT2D eigenvalue weighted by molar-refractivity contribution is -0.136. The molecule has 3 atom stereocenters. The molecule has 0 aliphatic carbocycles. The summed E-state index contributed by atoms with van der Waals surface area (Å²) in [5, 5.41) is 21.8. The van der Waals surface area contributed by atoms with Crippen molar-refractivity contribution in [2.24, 2.45) is 4.99 Å². The Kier molecular flexibility index (Phi) is 6.41. The van der Waals surface area contributed by atoms with E-state index in [1.807, 2.05) is 0 Å². The minimum Gasteiger partial charge on any atom is -0.390 e. The molecule has 3 N–H and O–H groups in total. The quantitative estimate of drug-likeness (QED) is 0.365. The number of nitrogens with zero attached hydrogens (tertiary/aromatic N) is 1. The molecule has 6 heteroatoms. The Morgan fingerprint density at radius 2 is 2.32 bits per heavy atom. The van der Waals surface area contributed by atoms with Gasteiger partial charge < -0.3 is 20.3 Å². The van der Waals surface area contributed by atoms with Crippen molar-refractivity contribution in [3.05, 3.63) is 24.4 Å². The van der Waals surface area contributed by atoms with E-state index in [9.17, 15) is 15.0 Å². The second-order valence-electron chi connectivity index (χ2n) is 4.14. The summed E-state index contributed by atoms with van der Waals surface area (Å²) in [4.78, 5) is 15.7. The van der Waals surface area contributed by atoms with Crippen molar-refractivity contribution in [1.82, 2.24) is 5.32 Å². The van der Waals surface area contributed by atoms with Gasteiger partial charge in [-0.2, -0.15) is 0 Å². The van der Waals surface area contributed by atoms with Crippen LogP contribution in [-0.2, 0) is 9.53 Å². The van der Waals surface area contributed by atoms with Gasteiger partial charge >= 0.3 is 0 Å². The number of carbonyl (C=O) groups is 1. The van der Waals surface area contributed by atoms with Crippen LogP contribution in [0.3, 0.4) is 0 Å². The summed E-state index contributed by atoms with van der Waals surface area (Å²) in [6, 6.07) is 0. The molecule has 0 radical (unpaired) electrons. The van der Waals surface area contributed by atoms with Gasteiger partial charge in [0.05, 0.1) is 6.10 Å². The van der Waals surface area contributed by atoms with Crippen LogP contribution in [0.2, 0.25) is 0 Å². The smallest absolute Gasteiger partial charge is 0.269 e. The van der Waals surface area contributed by atoms with Crippen LogP contribution in [0, 0.1) is 0 Å². The largest absolute Gasteiger partial charge is 0.390 e. The van der Waals surface area contributed by atoms with Crippen molar-refractivity contribution in [3.8, 4) is 0 Å². The Bertz CT molecular complexity index is 379. The number of aliphatic imine (C=N–C) groups is 1. The first-order valence-corrected chi connectivity index (χ1v) is 6.17. The zero-order valence-electron chi connectivity index (χ0n) is 11.0. The van der Waals surface area contributed by atoms with Gasteiger partial charge in [-0.25, -0.2) is 0 Å². The van der Waals surface area contributed by atoms with E-state index in [1.165, 1.54) is 18.4 Å². The van der Waals surface area contributed by atoms with Gasteiger partial charge in [0.1, 0.15) is 17.9 Å². The number of aliphatic hydroxyl groups is 2. The summed E-state index contributed by atoms with van der Waals surface area (Å²) in [6.07, 6.45) is 2.45. The maximum Gasteiger partial charge on any atom is 0.269 e. The van der Waals surface area contributed by atoms with Crippen LogP contribution < -0.4 is 5.32 Å². The molecule has 1 heterocycles. The van der Waals surface area contributed by atoms with E-state index in [-0.39, 0.29) is 18.1 Å². The van der Waals surface area contributed by atoms with E-state index in [0.717, 1.165) is 0 Å². The van der Waals surface area contributed by atoms with Gasteiger partial charge in [-0.15, -0.1) is 0 Å². The predicted molar refractivity (Wildman–Crippen MR) is 71.8 cm³/mol. The average molecular weight is 268 g/mol. The number of aliphatic hydroxyl groups excluding tert-OH is 2. The maximum atomic E-state index is 11.8. The maximum absolute atomic E-state index is 11.8. The molecule has 1 aliphatic rings. The van der Waals surface area contributed by atoms with Crippen LogP contribution in [0.4, 0.5) is 0 Å². The summed E-state index contributed by atoms with van der Waals surface area (Å²) >= 11 is 0. The average Bonchev–Trinajstić information content (AvgIpc) is 2.40. The van der Waals surface area contributed by atoms with E-state index in [0.29, 0.717) is 13.0 Å². The Morgan fingerprint density at radius 1 is 1.58 bits per heavy atom. The molecule has 0 aromatic rings. The Balaban J connectivity index is 2.53. The molecule has 0 bridgehead atoms. The SMILES string of the molecule is C=C/C=C(\N=CC)C(=O)NCC1OCCC(O)C1O. The molecule has 1 amide bonds. The molecule has 0 aromatic carbocycles. The first-order chi connectivity index (χ1) is 9.10. The Hall–Kier alpha value is -1.50. The van der Waals surface area contributed by atoms with Gasteiger partial charge in [0.25, 0.3) is 5.91 Å². The molecule has 1 saturated heterocycles. The minimum absolute atomic E-state index is 0.116. The van der Waals surface area contributed by atoms with E-state index in [1.54, 1.807) is 6.92 Å². The zero-order chi connectivity index (χ0) is 14.3. The number of hydrogen-bond donors (Lipinski definition) is 3. The van der Waals surface area contributed by atoms with Crippen molar-refractivity contribution in [2.45, 2.75) is 31.7 Å². The van der Waals surface area contributed by atoms with Crippen LogP contribution >= 0.6 is 0 Å². The third-order valence-electron chi connectivity index (χ3n) is 2.76. The lowest BCUT2D eigenvalue weighted by Crippen LogP contribution is -2.50. The monoisotopic (exact) mass is 268 g/mol. The lowest BCUT2D eigenvalue weighted by Gasteiger charge is -2.32. The van der Waals surface area contributed by atoms with Crippen molar-refractivity contribution in [3.63, 3.8) is 0 Å². The highest BCUT2D eigenvalue weighted by Gasteiger charge is 2.31. The molecule has 1 fully saturated rings. The lowest BCUT2D eigenvalue weighted by atomic mass is 10.0. The molecule has 1 aliphatic heterocycles. The van der Waals surface area contributed by atoms with E-state index >= 15 is 0 Å². The summed E-state index contributed by atoms with van der Waals surface area (Å²) < 4.78 is 5.31. The summed E-state index contributed by atoms with van der Waals surface area (Å²) in [5.41, 5.74) is 0.225. The Morgan fingerprint density at radius 3 is 2.95 bits per heavy atom. The molecule has 0 saturated carbocycles. The first-order valence-electron chi connectivity index (χ1n) is 6.17. The van der Waals surface area contributed by atoms with Crippen LogP contribution in [0.5, 0.6) is 0 Å². The molecule has 6 nitrogen and oxygen atoms in total. The molecular formula is C13H20N2O4. The fourth-order valence-corrected chi connectivity index (χ4v) is 1.75. The van der Waals surface area contributed by atoms with Crippen molar-refractivity contribution in [1.29, 1.82) is 0 Å². The molecule has 0 spiro atoms. The molecule has 3 unspecified atom stereocenters. The van der Waals surface area contributed by atoms with Gasteiger partial charge in [-0.3, -0.25) is 9.79 Å². The third-order valence-corrected chi connectivity index (χ3v) is 2.76. The topological polar surface area (TPSA) is 91.2 Å². The van der Waals surface area contributed by atoms with Crippen molar-refractivity contribution >= 4 is 12.1 Å². The zero-order valence-corrected chi connectivity index (χ0v) is 11.0. The molecule has 1 rings (SSSR count). The highest BCUT2D eigenvalue weighted by molar-refractivity contribution is 5.94. The summed E-state index contributed by atoms with van der Waals surface area (Å²) in [7, 11) is 0. The van der Waals surface area contributed by atoms with Gasteiger partial charge in [0, 0.05) is 19.4 Å². The fourth-order valence-electron chi connectivity index (χ4n) is 1.75. The first kappa shape index (κ1) is 15.6. The number of rotatable bonds is 5. The number of carbonyl (C=O) groups excluding carboxylic acids is 1. The molecule has 106 valence electrons. The second kappa shape index (κ2) is 7.83. The number of amides is 1. The van der Waals surface area contributed by atoms with Crippen LogP contribution in [0.25, 0.3) is 0 Å². The number of allylic oxidation sites excluding steroid dienone is 2. The number of ether oxygens (including phenoxy) is 1. The number of nitrogens with one attached hydrogen (secondary N) is 1. The second-order valence-corrected chi connectivity index (χ2v) is 4.14. The normalized spacial score (nSPS) is 28.4. The minimum atomic E-state index is -0.990. The summed E-state index contributed by atoms with van der Waals surface area (Å²) in [5.74, 6) is -0.381. The third kappa shape index (κ3) is 4.59. The summed E-state index contributed by atoms with van der Waals surface area (Å²) in [6.45, 7) is 5.69. The predicted octanol–water partition coefficient (Wildman–Crippen LogP) is -0.226. The Labute approximate surface area is 112 Å². The highest BCUT2D eigenvalue weighted by Crippen LogP contribution is 2.14. The number of hydrogen-bond acceptors (Lipinski definition) is 5. The van der Waals surface area contributed by atoms with Gasteiger partial charge in [-0.05, 0) is 19.4 Å². The van der Waals surface area contributed by atoms with E-state index in [4.69, 9.17) is 4.74 Å². The highest BCUT2D eigenvalue weighted by atomic mass is 16.5. The fraction of sp³-hybridized carbons (Fsp3) is 0.538. The van der Waals surface area contributed by atoms with Gasteiger partial charge in [-0.1, -0.05) is 12.7 Å². The van der Waals surface area contributed by atoms with Crippen LogP contribution in [0.15, 0.2) is 29.4 Å². The molecule has 0 aromatic heterocycles. The van der Waals surface area contributed by atoms with Crippen molar-refractivity contribution in [2.75, 3.05) is 13.2 Å². The van der Waals surface area contributed by atoms with Gasteiger partial charge in [0.15, 0.2) is 0 Å². The molecule has 19 heavy (non-hydrogen) atoms. The van der Waals surface area contributed by atoms with E-state index < -0.39 is 18.3 Å². The molecular weight excluding hydrogens is 248 g/mol. The van der Waals surface area contributed by atoms with Crippen molar-refractivity contribution < 1.29 is 19.7 Å². The van der Waals surface area contributed by atoms with Crippen LogP contribution in [-0.4, -0.2) is 53.8 Å². The van der Waals surface area contributed by atoms with E-state index in [2.05, 4.69) is 16.9 Å². The van der Waals surface area contributed by atoms with Crippen LogP contribution in [0.1, 0.15) is 13.3 Å².